The number of nitrogens with zero attached hydrogens (tertiary/aromatic N) is 1. The highest BCUT2D eigenvalue weighted by atomic mass is 16.3. The number of hydrogen-bond donors (Lipinski definition) is 1. The van der Waals surface area contributed by atoms with Crippen LogP contribution in [0.4, 0.5) is 0 Å². The van der Waals surface area contributed by atoms with Crippen LogP contribution in [-0.4, -0.2) is 29.1 Å². The van der Waals surface area contributed by atoms with Gasteiger partial charge in [-0.2, -0.15) is 0 Å². The van der Waals surface area contributed by atoms with E-state index in [0.717, 1.165) is 12.8 Å². The number of aliphatic hydroxyl groups excluding tert-OH is 1. The van der Waals surface area contributed by atoms with Crippen molar-refractivity contribution in [3.63, 3.8) is 0 Å². The molecule has 0 amide bonds. The first-order chi connectivity index (χ1) is 9.36. The molecule has 1 aliphatic heterocycles. The monoisotopic (exact) mass is 259 g/mol. The van der Waals surface area contributed by atoms with Gasteiger partial charge in [-0.05, 0) is 56.3 Å². The first-order valence-electron chi connectivity index (χ1n) is 7.86. The summed E-state index contributed by atoms with van der Waals surface area (Å²) in [5.74, 6) is 0. The standard InChI is InChI=1S/C17H25NO/c19-17-15-10-4-3-8-14(15)9-7-11-16(17)18-12-5-1-2-6-13-18/h3-4,8,10,16-17,19H,1-2,5-7,9,11-13H2. The zero-order valence-corrected chi connectivity index (χ0v) is 11.7. The maximum absolute atomic E-state index is 10.8. The van der Waals surface area contributed by atoms with Crippen LogP contribution in [0.25, 0.3) is 0 Å². The highest BCUT2D eigenvalue weighted by Gasteiger charge is 2.30. The molecule has 1 heterocycles. The number of rotatable bonds is 1. The molecule has 1 aromatic carbocycles. The van der Waals surface area contributed by atoms with Crippen molar-refractivity contribution in [1.82, 2.24) is 4.90 Å². The van der Waals surface area contributed by atoms with Gasteiger partial charge in [0, 0.05) is 6.04 Å². The lowest BCUT2D eigenvalue weighted by Gasteiger charge is -2.33. The van der Waals surface area contributed by atoms with Crippen LogP contribution < -0.4 is 0 Å². The summed E-state index contributed by atoms with van der Waals surface area (Å²) < 4.78 is 0. The molecule has 0 aromatic heterocycles. The van der Waals surface area contributed by atoms with Gasteiger partial charge in [0.25, 0.3) is 0 Å². The predicted octanol–water partition coefficient (Wildman–Crippen LogP) is 3.30. The maximum Gasteiger partial charge on any atom is 0.0947 e. The topological polar surface area (TPSA) is 23.5 Å². The molecule has 1 fully saturated rings. The fourth-order valence-electron chi connectivity index (χ4n) is 3.73. The average Bonchev–Trinajstić information content (AvgIpc) is 2.79. The Morgan fingerprint density at radius 3 is 2.47 bits per heavy atom. The van der Waals surface area contributed by atoms with Gasteiger partial charge in [0.2, 0.25) is 0 Å². The minimum atomic E-state index is -0.295. The molecule has 2 aliphatic rings. The van der Waals surface area contributed by atoms with E-state index in [2.05, 4.69) is 29.2 Å². The van der Waals surface area contributed by atoms with Crippen LogP contribution in [0.2, 0.25) is 0 Å². The Morgan fingerprint density at radius 2 is 1.68 bits per heavy atom. The lowest BCUT2D eigenvalue weighted by atomic mass is 9.97. The molecular formula is C17H25NO. The SMILES string of the molecule is OC1c2ccccc2CCCC1N1CCCCCC1. The Hall–Kier alpha value is -0.860. The van der Waals surface area contributed by atoms with E-state index in [4.69, 9.17) is 0 Å². The number of aliphatic hydroxyl groups is 1. The molecule has 19 heavy (non-hydrogen) atoms. The number of benzene rings is 1. The molecule has 1 aliphatic carbocycles. The summed E-state index contributed by atoms with van der Waals surface area (Å²) in [6.45, 7) is 2.34. The average molecular weight is 259 g/mol. The van der Waals surface area contributed by atoms with E-state index in [9.17, 15) is 5.11 Å². The van der Waals surface area contributed by atoms with Gasteiger partial charge in [0.15, 0.2) is 0 Å². The Labute approximate surface area is 116 Å². The predicted molar refractivity (Wildman–Crippen MR) is 78.2 cm³/mol. The van der Waals surface area contributed by atoms with Gasteiger partial charge in [0.05, 0.1) is 6.10 Å². The maximum atomic E-state index is 10.8. The van der Waals surface area contributed by atoms with Gasteiger partial charge in [-0.15, -0.1) is 0 Å². The summed E-state index contributed by atoms with van der Waals surface area (Å²) in [7, 11) is 0. The number of aryl methyl sites for hydroxylation is 1. The second-order valence-corrected chi connectivity index (χ2v) is 6.05. The van der Waals surface area contributed by atoms with Crippen molar-refractivity contribution in [2.24, 2.45) is 0 Å². The van der Waals surface area contributed by atoms with Crippen molar-refractivity contribution >= 4 is 0 Å². The van der Waals surface area contributed by atoms with Crippen LogP contribution in [0.1, 0.15) is 55.8 Å². The fourth-order valence-corrected chi connectivity index (χ4v) is 3.73. The fraction of sp³-hybridized carbons (Fsp3) is 0.647. The lowest BCUT2D eigenvalue weighted by molar-refractivity contribution is 0.0464. The quantitative estimate of drug-likeness (QED) is 0.782. The van der Waals surface area contributed by atoms with Gasteiger partial charge >= 0.3 is 0 Å². The zero-order chi connectivity index (χ0) is 13.1. The minimum absolute atomic E-state index is 0.295. The number of hydrogen-bond acceptors (Lipinski definition) is 2. The minimum Gasteiger partial charge on any atom is -0.387 e. The van der Waals surface area contributed by atoms with Crippen LogP contribution >= 0.6 is 0 Å². The van der Waals surface area contributed by atoms with E-state index in [1.165, 1.54) is 56.3 Å². The molecule has 3 rings (SSSR count). The van der Waals surface area contributed by atoms with Gasteiger partial charge in [-0.3, -0.25) is 4.90 Å². The summed E-state index contributed by atoms with van der Waals surface area (Å²) in [6.07, 6.45) is 8.47. The van der Waals surface area contributed by atoms with E-state index in [1.54, 1.807) is 0 Å². The van der Waals surface area contributed by atoms with Gasteiger partial charge in [0.1, 0.15) is 0 Å². The third kappa shape index (κ3) is 2.85. The Balaban J connectivity index is 1.82. The highest BCUT2D eigenvalue weighted by molar-refractivity contribution is 5.31. The summed E-state index contributed by atoms with van der Waals surface area (Å²) in [4.78, 5) is 2.56. The van der Waals surface area contributed by atoms with Gasteiger partial charge in [-0.25, -0.2) is 0 Å². The molecule has 0 bridgehead atoms. The first-order valence-corrected chi connectivity index (χ1v) is 7.86. The molecule has 2 atom stereocenters. The Kier molecular flexibility index (Phi) is 4.19. The van der Waals surface area contributed by atoms with Crippen molar-refractivity contribution in [1.29, 1.82) is 0 Å². The lowest BCUT2D eigenvalue weighted by Crippen LogP contribution is -2.40. The molecule has 1 aromatic rings. The van der Waals surface area contributed by atoms with Crippen molar-refractivity contribution in [2.45, 2.75) is 57.1 Å². The van der Waals surface area contributed by atoms with E-state index in [0.29, 0.717) is 6.04 Å². The second kappa shape index (κ2) is 6.06. The molecule has 104 valence electrons. The number of likely N-dealkylation sites (tertiary alicyclic amines) is 1. The van der Waals surface area contributed by atoms with Crippen LogP contribution in [0, 0.1) is 0 Å². The summed E-state index contributed by atoms with van der Waals surface area (Å²) in [6, 6.07) is 8.80. The third-order valence-electron chi connectivity index (χ3n) is 4.79. The Bertz CT molecular complexity index is 409. The molecule has 2 unspecified atom stereocenters. The van der Waals surface area contributed by atoms with E-state index in [-0.39, 0.29) is 6.10 Å². The molecule has 1 N–H and O–H groups in total. The van der Waals surface area contributed by atoms with Gasteiger partial charge < -0.3 is 5.11 Å². The van der Waals surface area contributed by atoms with E-state index < -0.39 is 0 Å². The number of fused-ring (bicyclic) bond motifs is 1. The normalized spacial score (nSPS) is 29.3. The zero-order valence-electron chi connectivity index (χ0n) is 11.7. The largest absolute Gasteiger partial charge is 0.387 e. The molecule has 0 radical (unpaired) electrons. The van der Waals surface area contributed by atoms with Crippen molar-refractivity contribution in [3.8, 4) is 0 Å². The molecule has 0 spiro atoms. The van der Waals surface area contributed by atoms with Crippen LogP contribution in [-0.2, 0) is 6.42 Å². The molecule has 2 heteroatoms. The van der Waals surface area contributed by atoms with Crippen LogP contribution in [0.5, 0.6) is 0 Å². The van der Waals surface area contributed by atoms with Crippen molar-refractivity contribution < 1.29 is 5.11 Å². The highest BCUT2D eigenvalue weighted by Crippen LogP contribution is 2.32. The Morgan fingerprint density at radius 1 is 0.947 bits per heavy atom. The smallest absolute Gasteiger partial charge is 0.0947 e. The van der Waals surface area contributed by atoms with E-state index >= 15 is 0 Å². The summed E-state index contributed by atoms with van der Waals surface area (Å²) >= 11 is 0. The van der Waals surface area contributed by atoms with Crippen LogP contribution in [0.3, 0.4) is 0 Å². The van der Waals surface area contributed by atoms with Crippen molar-refractivity contribution in [3.05, 3.63) is 35.4 Å². The first kappa shape index (κ1) is 13.1. The van der Waals surface area contributed by atoms with Crippen LogP contribution in [0.15, 0.2) is 24.3 Å². The summed E-state index contributed by atoms with van der Waals surface area (Å²) in [5.41, 5.74) is 2.53. The third-order valence-corrected chi connectivity index (χ3v) is 4.79. The summed E-state index contributed by atoms with van der Waals surface area (Å²) in [5, 5.41) is 10.8. The molecule has 1 saturated heterocycles. The molecular weight excluding hydrogens is 234 g/mol. The van der Waals surface area contributed by atoms with E-state index in [1.807, 2.05) is 0 Å². The second-order valence-electron chi connectivity index (χ2n) is 6.05. The molecule has 0 saturated carbocycles. The van der Waals surface area contributed by atoms with Crippen molar-refractivity contribution in [2.75, 3.05) is 13.1 Å². The molecule has 2 nitrogen and oxygen atoms in total. The van der Waals surface area contributed by atoms with Gasteiger partial charge in [-0.1, -0.05) is 37.1 Å².